The summed E-state index contributed by atoms with van der Waals surface area (Å²) in [7, 11) is 0. The summed E-state index contributed by atoms with van der Waals surface area (Å²) in [5.74, 6) is 0.105. The first kappa shape index (κ1) is 15.0. The number of para-hydroxylation sites is 3. The summed E-state index contributed by atoms with van der Waals surface area (Å²) < 4.78 is 0. The van der Waals surface area contributed by atoms with Gasteiger partial charge in [-0.3, -0.25) is 14.9 Å². The van der Waals surface area contributed by atoms with Gasteiger partial charge in [0.05, 0.1) is 11.5 Å². The summed E-state index contributed by atoms with van der Waals surface area (Å²) in [5, 5.41) is 13.6. The number of nitro groups is 1. The number of amides is 1. The zero-order chi connectivity index (χ0) is 16.4. The van der Waals surface area contributed by atoms with E-state index in [1.807, 2.05) is 23.1 Å². The second kappa shape index (κ2) is 6.08. The van der Waals surface area contributed by atoms with Gasteiger partial charge in [-0.2, -0.15) is 0 Å². The number of nitrogens with one attached hydrogen (secondary N) is 1. The van der Waals surface area contributed by atoms with Gasteiger partial charge < -0.3 is 10.2 Å². The van der Waals surface area contributed by atoms with E-state index in [4.69, 9.17) is 0 Å². The Morgan fingerprint density at radius 2 is 1.96 bits per heavy atom. The van der Waals surface area contributed by atoms with E-state index in [1.54, 1.807) is 12.1 Å². The summed E-state index contributed by atoms with van der Waals surface area (Å²) in [6.07, 6.45) is 0. The fraction of sp³-hybridized carbons (Fsp3) is 0.235. The van der Waals surface area contributed by atoms with Gasteiger partial charge in [0.25, 0.3) is 5.69 Å². The van der Waals surface area contributed by atoms with Gasteiger partial charge in [-0.25, -0.2) is 0 Å². The molecule has 1 aliphatic heterocycles. The molecule has 6 nitrogen and oxygen atoms in total. The highest BCUT2D eigenvalue weighted by molar-refractivity contribution is 5.96. The van der Waals surface area contributed by atoms with E-state index in [0.29, 0.717) is 5.92 Å². The minimum atomic E-state index is -0.497. The number of benzene rings is 2. The quantitative estimate of drug-likeness (QED) is 0.695. The van der Waals surface area contributed by atoms with Gasteiger partial charge in [-0.05, 0) is 17.7 Å². The topological polar surface area (TPSA) is 75.5 Å². The van der Waals surface area contributed by atoms with E-state index < -0.39 is 4.92 Å². The average Bonchev–Trinajstić information content (AvgIpc) is 2.84. The van der Waals surface area contributed by atoms with E-state index >= 15 is 0 Å². The largest absolute Gasteiger partial charge is 0.361 e. The summed E-state index contributed by atoms with van der Waals surface area (Å²) in [4.78, 5) is 24.8. The maximum absolute atomic E-state index is 12.3. The highest BCUT2D eigenvalue weighted by atomic mass is 16.6. The van der Waals surface area contributed by atoms with E-state index in [2.05, 4.69) is 18.3 Å². The Morgan fingerprint density at radius 3 is 2.74 bits per heavy atom. The van der Waals surface area contributed by atoms with Crippen LogP contribution in [-0.4, -0.2) is 23.9 Å². The summed E-state index contributed by atoms with van der Waals surface area (Å²) in [5.41, 5.74) is 2.41. The number of carbonyl (C=O) groups excluding carboxylic acids is 1. The van der Waals surface area contributed by atoms with Gasteiger partial charge in [0, 0.05) is 24.2 Å². The van der Waals surface area contributed by atoms with Crippen LogP contribution in [0, 0.1) is 10.1 Å². The van der Waals surface area contributed by atoms with Crippen molar-refractivity contribution in [3.8, 4) is 0 Å². The van der Waals surface area contributed by atoms with Crippen LogP contribution in [0.15, 0.2) is 48.5 Å². The first-order chi connectivity index (χ1) is 11.1. The summed E-state index contributed by atoms with van der Waals surface area (Å²) in [6, 6.07) is 14.2. The van der Waals surface area contributed by atoms with Gasteiger partial charge in [-0.1, -0.05) is 37.3 Å². The van der Waals surface area contributed by atoms with Crippen molar-refractivity contribution in [3.05, 3.63) is 64.2 Å². The van der Waals surface area contributed by atoms with Gasteiger partial charge in [0.2, 0.25) is 5.91 Å². The number of nitro benzene ring substituents is 1. The van der Waals surface area contributed by atoms with Crippen molar-refractivity contribution in [1.29, 1.82) is 0 Å². The standard InChI is InChI=1S/C17H17N3O3/c1-12-10-19(15-8-4-2-6-13(12)15)11-17(21)18-14-7-3-5-9-16(14)20(22)23/h2-9,12H,10-11H2,1H3,(H,18,21). The Bertz CT molecular complexity index is 760. The van der Waals surface area contributed by atoms with Crippen LogP contribution in [0.1, 0.15) is 18.4 Å². The molecular formula is C17H17N3O3. The third-order valence-electron chi connectivity index (χ3n) is 4.01. The lowest BCUT2D eigenvalue weighted by atomic mass is 10.0. The van der Waals surface area contributed by atoms with Crippen LogP contribution in [0.5, 0.6) is 0 Å². The van der Waals surface area contributed by atoms with Crippen molar-refractivity contribution < 1.29 is 9.72 Å². The predicted molar refractivity (Wildman–Crippen MR) is 88.8 cm³/mol. The predicted octanol–water partition coefficient (Wildman–Crippen LogP) is 3.16. The number of anilines is 2. The van der Waals surface area contributed by atoms with Crippen LogP contribution >= 0.6 is 0 Å². The molecule has 1 N–H and O–H groups in total. The van der Waals surface area contributed by atoms with E-state index in [9.17, 15) is 14.9 Å². The molecule has 1 aliphatic rings. The molecule has 3 rings (SSSR count). The smallest absolute Gasteiger partial charge is 0.292 e. The lowest BCUT2D eigenvalue weighted by Crippen LogP contribution is -2.32. The van der Waals surface area contributed by atoms with Crippen LogP contribution in [0.25, 0.3) is 0 Å². The Labute approximate surface area is 133 Å². The van der Waals surface area contributed by atoms with Crippen LogP contribution in [-0.2, 0) is 4.79 Å². The molecule has 2 aromatic carbocycles. The SMILES string of the molecule is CC1CN(CC(=O)Nc2ccccc2[N+](=O)[O-])c2ccccc21. The van der Waals surface area contributed by atoms with Gasteiger partial charge in [-0.15, -0.1) is 0 Å². The molecule has 0 aromatic heterocycles. The highest BCUT2D eigenvalue weighted by Gasteiger charge is 2.26. The third-order valence-corrected chi connectivity index (χ3v) is 4.01. The van der Waals surface area contributed by atoms with Crippen LogP contribution in [0.4, 0.5) is 17.1 Å². The van der Waals surface area contributed by atoms with Gasteiger partial charge >= 0.3 is 0 Å². The van der Waals surface area contributed by atoms with E-state index in [1.165, 1.54) is 17.7 Å². The fourth-order valence-electron chi connectivity index (χ4n) is 2.97. The normalized spacial score (nSPS) is 16.0. The molecule has 1 unspecified atom stereocenters. The maximum Gasteiger partial charge on any atom is 0.292 e. The Balaban J connectivity index is 1.73. The molecule has 23 heavy (non-hydrogen) atoms. The van der Waals surface area contributed by atoms with Crippen molar-refractivity contribution in [2.24, 2.45) is 0 Å². The molecule has 0 bridgehead atoms. The molecule has 1 amide bonds. The van der Waals surface area contributed by atoms with Crippen molar-refractivity contribution in [2.75, 3.05) is 23.3 Å². The molecule has 118 valence electrons. The fourth-order valence-corrected chi connectivity index (χ4v) is 2.97. The number of hydrogen-bond acceptors (Lipinski definition) is 4. The highest BCUT2D eigenvalue weighted by Crippen LogP contribution is 2.35. The van der Waals surface area contributed by atoms with Crippen molar-refractivity contribution >= 4 is 23.0 Å². The van der Waals surface area contributed by atoms with Gasteiger partial charge in [0.15, 0.2) is 0 Å². The molecule has 6 heteroatoms. The van der Waals surface area contributed by atoms with Crippen LogP contribution in [0.3, 0.4) is 0 Å². The zero-order valence-corrected chi connectivity index (χ0v) is 12.7. The molecule has 2 aromatic rings. The third kappa shape index (κ3) is 3.01. The van der Waals surface area contributed by atoms with E-state index in [-0.39, 0.29) is 23.8 Å². The molecule has 1 atom stereocenters. The minimum Gasteiger partial charge on any atom is -0.361 e. The first-order valence-corrected chi connectivity index (χ1v) is 7.43. The second-order valence-electron chi connectivity index (χ2n) is 5.66. The second-order valence-corrected chi connectivity index (χ2v) is 5.66. The molecule has 0 aliphatic carbocycles. The molecule has 0 radical (unpaired) electrons. The Hall–Kier alpha value is -2.89. The van der Waals surface area contributed by atoms with Crippen molar-refractivity contribution in [1.82, 2.24) is 0 Å². The number of fused-ring (bicyclic) bond motifs is 1. The lowest BCUT2D eigenvalue weighted by Gasteiger charge is -2.19. The molecule has 0 saturated heterocycles. The molecule has 0 saturated carbocycles. The first-order valence-electron chi connectivity index (χ1n) is 7.43. The number of rotatable bonds is 4. The average molecular weight is 311 g/mol. The zero-order valence-electron chi connectivity index (χ0n) is 12.7. The van der Waals surface area contributed by atoms with E-state index in [0.717, 1.165) is 12.2 Å². The van der Waals surface area contributed by atoms with Crippen molar-refractivity contribution in [2.45, 2.75) is 12.8 Å². The lowest BCUT2D eigenvalue weighted by molar-refractivity contribution is -0.383. The molecular weight excluding hydrogens is 294 g/mol. The Kier molecular flexibility index (Phi) is 3.97. The van der Waals surface area contributed by atoms with Crippen LogP contribution in [0.2, 0.25) is 0 Å². The summed E-state index contributed by atoms with van der Waals surface area (Å²) in [6.45, 7) is 3.07. The molecule has 0 fully saturated rings. The number of nitrogens with zero attached hydrogens (tertiary/aromatic N) is 2. The van der Waals surface area contributed by atoms with Crippen molar-refractivity contribution in [3.63, 3.8) is 0 Å². The van der Waals surface area contributed by atoms with Crippen LogP contribution < -0.4 is 10.2 Å². The van der Waals surface area contributed by atoms with Gasteiger partial charge in [0.1, 0.15) is 5.69 Å². The summed E-state index contributed by atoms with van der Waals surface area (Å²) >= 11 is 0. The minimum absolute atomic E-state index is 0.101. The molecule has 1 heterocycles. The maximum atomic E-state index is 12.3. The monoisotopic (exact) mass is 311 g/mol. The molecule has 0 spiro atoms. The number of hydrogen-bond donors (Lipinski definition) is 1. The Morgan fingerprint density at radius 1 is 1.26 bits per heavy atom. The number of carbonyl (C=O) groups is 1.